The predicted molar refractivity (Wildman–Crippen MR) is 115 cm³/mol. The second-order valence-electron chi connectivity index (χ2n) is 9.51. The zero-order valence-electron chi connectivity index (χ0n) is 17.7. The van der Waals surface area contributed by atoms with E-state index in [1.165, 1.54) is 12.1 Å². The fraction of sp³-hybridized carbons (Fsp3) is 0.400. The van der Waals surface area contributed by atoms with Crippen LogP contribution in [0.3, 0.4) is 0 Å². The molecule has 1 aliphatic carbocycles. The Labute approximate surface area is 180 Å². The fourth-order valence-electron chi connectivity index (χ4n) is 5.53. The van der Waals surface area contributed by atoms with Gasteiger partial charge < -0.3 is 19.5 Å². The van der Waals surface area contributed by atoms with Gasteiger partial charge in [-0.25, -0.2) is 4.39 Å². The van der Waals surface area contributed by atoms with Crippen LogP contribution >= 0.6 is 0 Å². The van der Waals surface area contributed by atoms with Crippen molar-refractivity contribution in [3.63, 3.8) is 0 Å². The van der Waals surface area contributed by atoms with Gasteiger partial charge in [0.2, 0.25) is 0 Å². The molecule has 0 radical (unpaired) electrons. The number of halogens is 1. The van der Waals surface area contributed by atoms with Crippen LogP contribution in [-0.2, 0) is 20.5 Å². The van der Waals surface area contributed by atoms with Crippen molar-refractivity contribution in [1.29, 1.82) is 0 Å². The molecule has 2 unspecified atom stereocenters. The third-order valence-electron chi connectivity index (χ3n) is 6.92. The second kappa shape index (κ2) is 6.82. The van der Waals surface area contributed by atoms with E-state index in [0.29, 0.717) is 31.3 Å². The van der Waals surface area contributed by atoms with Crippen LogP contribution in [0.2, 0.25) is 0 Å². The number of carbonyl (C=O) groups is 1. The summed E-state index contributed by atoms with van der Waals surface area (Å²) in [6, 6.07) is 11.7. The average Bonchev–Trinajstić information content (AvgIpc) is 3.11. The van der Waals surface area contributed by atoms with E-state index >= 15 is 0 Å². The summed E-state index contributed by atoms with van der Waals surface area (Å²) >= 11 is 0. The van der Waals surface area contributed by atoms with E-state index in [-0.39, 0.29) is 11.6 Å². The summed E-state index contributed by atoms with van der Waals surface area (Å²) in [4.78, 5) is 11.9. The van der Waals surface area contributed by atoms with Crippen LogP contribution in [-0.4, -0.2) is 27.4 Å². The standard InChI is InChI=1S/C25H26FNO4/c1-24(2)14-31-25(12-4-5-15(13-25)23(29)30)21-20-18(6-3-7-19(20)28)27(22(21)24)17-10-8-16(26)9-11-17/h3,6-11,15,28H,4-5,12-14H2,1-2H3,(H,29,30). The SMILES string of the molecule is CC1(C)COC2(CCCC(C(=O)O)C2)c2c1n(-c1ccc(F)cc1)c1cccc(O)c21. The van der Waals surface area contributed by atoms with Gasteiger partial charge in [0.05, 0.1) is 23.6 Å². The monoisotopic (exact) mass is 423 g/mol. The molecule has 1 saturated carbocycles. The lowest BCUT2D eigenvalue weighted by atomic mass is 9.69. The van der Waals surface area contributed by atoms with Gasteiger partial charge >= 0.3 is 5.97 Å². The minimum absolute atomic E-state index is 0.146. The first-order chi connectivity index (χ1) is 14.7. The van der Waals surface area contributed by atoms with Gasteiger partial charge in [0.1, 0.15) is 11.6 Å². The van der Waals surface area contributed by atoms with Gasteiger partial charge in [0, 0.05) is 27.7 Å². The van der Waals surface area contributed by atoms with E-state index < -0.39 is 22.9 Å². The molecule has 1 aromatic heterocycles. The molecule has 3 aromatic rings. The van der Waals surface area contributed by atoms with Crippen molar-refractivity contribution in [1.82, 2.24) is 4.57 Å². The lowest BCUT2D eigenvalue weighted by Crippen LogP contribution is -2.47. The maximum atomic E-state index is 13.7. The minimum atomic E-state index is -0.805. The molecule has 2 aromatic carbocycles. The van der Waals surface area contributed by atoms with Crippen LogP contribution in [0.5, 0.6) is 5.75 Å². The summed E-state index contributed by atoms with van der Waals surface area (Å²) in [6.45, 7) is 4.61. The van der Waals surface area contributed by atoms with Crippen LogP contribution in [0, 0.1) is 11.7 Å². The number of carboxylic acids is 1. The number of aromatic nitrogens is 1. The molecule has 6 heteroatoms. The van der Waals surface area contributed by atoms with Crippen LogP contribution in [0.4, 0.5) is 4.39 Å². The predicted octanol–water partition coefficient (Wildman–Crippen LogP) is 5.25. The lowest BCUT2D eigenvalue weighted by Gasteiger charge is -2.47. The van der Waals surface area contributed by atoms with Crippen LogP contribution in [0.25, 0.3) is 16.6 Å². The van der Waals surface area contributed by atoms with Gasteiger partial charge in [-0.05, 0) is 62.1 Å². The smallest absolute Gasteiger partial charge is 0.306 e. The molecule has 2 N–H and O–H groups in total. The van der Waals surface area contributed by atoms with E-state index in [4.69, 9.17) is 4.74 Å². The van der Waals surface area contributed by atoms with E-state index in [1.807, 2.05) is 6.07 Å². The van der Waals surface area contributed by atoms with Crippen molar-refractivity contribution in [3.8, 4) is 11.4 Å². The van der Waals surface area contributed by atoms with Crippen molar-refractivity contribution in [3.05, 3.63) is 59.5 Å². The van der Waals surface area contributed by atoms with E-state index in [1.54, 1.807) is 24.3 Å². The highest BCUT2D eigenvalue weighted by atomic mass is 19.1. The molecular weight excluding hydrogens is 397 g/mol. The van der Waals surface area contributed by atoms with Crippen molar-refractivity contribution < 1.29 is 24.1 Å². The molecule has 162 valence electrons. The number of phenols is 1. The fourth-order valence-corrected chi connectivity index (χ4v) is 5.53. The number of ether oxygens (including phenoxy) is 1. The van der Waals surface area contributed by atoms with Crippen molar-refractivity contribution in [2.45, 2.75) is 50.5 Å². The molecule has 2 atom stereocenters. The second-order valence-corrected chi connectivity index (χ2v) is 9.51. The molecule has 31 heavy (non-hydrogen) atoms. The first-order valence-electron chi connectivity index (χ1n) is 10.7. The highest BCUT2D eigenvalue weighted by Gasteiger charge is 2.51. The number of fused-ring (bicyclic) bond motifs is 4. The first kappa shape index (κ1) is 20.1. The number of aromatic hydroxyl groups is 1. The van der Waals surface area contributed by atoms with Crippen LogP contribution in [0.15, 0.2) is 42.5 Å². The molecule has 0 amide bonds. The Bertz CT molecular complexity index is 1180. The Morgan fingerprint density at radius 2 is 1.94 bits per heavy atom. The number of benzene rings is 2. The maximum Gasteiger partial charge on any atom is 0.306 e. The van der Waals surface area contributed by atoms with Crippen LogP contribution < -0.4 is 0 Å². The summed E-state index contributed by atoms with van der Waals surface area (Å²) < 4.78 is 22.3. The molecule has 2 heterocycles. The third-order valence-corrected chi connectivity index (χ3v) is 6.92. The summed E-state index contributed by atoms with van der Waals surface area (Å²) in [5.74, 6) is -1.46. The lowest BCUT2D eigenvalue weighted by molar-refractivity contribution is -0.154. The Balaban J connectivity index is 1.87. The molecule has 0 saturated heterocycles. The molecule has 1 spiro atoms. The molecule has 1 fully saturated rings. The average molecular weight is 423 g/mol. The largest absolute Gasteiger partial charge is 0.507 e. The van der Waals surface area contributed by atoms with Crippen molar-refractivity contribution >= 4 is 16.9 Å². The first-order valence-corrected chi connectivity index (χ1v) is 10.7. The summed E-state index contributed by atoms with van der Waals surface area (Å²) in [7, 11) is 0. The maximum absolute atomic E-state index is 13.7. The number of hydrogen-bond acceptors (Lipinski definition) is 3. The number of aliphatic carboxylic acids is 1. The van der Waals surface area contributed by atoms with Gasteiger partial charge in [-0.2, -0.15) is 0 Å². The van der Waals surface area contributed by atoms with Gasteiger partial charge in [0.25, 0.3) is 0 Å². The Kier molecular flexibility index (Phi) is 4.42. The molecule has 5 rings (SSSR count). The number of phenolic OH excluding ortho intramolecular Hbond substituents is 1. The zero-order chi connectivity index (χ0) is 22.0. The molecule has 2 aliphatic rings. The summed E-state index contributed by atoms with van der Waals surface area (Å²) in [5, 5.41) is 21.4. The Morgan fingerprint density at radius 1 is 1.19 bits per heavy atom. The van der Waals surface area contributed by atoms with Crippen molar-refractivity contribution in [2.75, 3.05) is 6.61 Å². The molecule has 5 nitrogen and oxygen atoms in total. The van der Waals surface area contributed by atoms with E-state index in [9.17, 15) is 19.4 Å². The number of nitrogens with zero attached hydrogens (tertiary/aromatic N) is 1. The Hall–Kier alpha value is -2.86. The van der Waals surface area contributed by atoms with E-state index in [0.717, 1.165) is 28.9 Å². The number of rotatable bonds is 2. The van der Waals surface area contributed by atoms with Crippen LogP contribution in [0.1, 0.15) is 50.8 Å². The highest BCUT2D eigenvalue weighted by molar-refractivity contribution is 5.94. The number of hydrogen-bond donors (Lipinski definition) is 2. The van der Waals surface area contributed by atoms with Gasteiger partial charge in [-0.1, -0.05) is 19.9 Å². The normalized spacial score (nSPS) is 24.9. The quantitative estimate of drug-likeness (QED) is 0.590. The Morgan fingerprint density at radius 3 is 2.65 bits per heavy atom. The highest BCUT2D eigenvalue weighted by Crippen LogP contribution is 2.55. The zero-order valence-corrected chi connectivity index (χ0v) is 17.7. The molecule has 0 bridgehead atoms. The topological polar surface area (TPSA) is 71.7 Å². The third kappa shape index (κ3) is 2.96. The van der Waals surface area contributed by atoms with Gasteiger partial charge in [0.15, 0.2) is 0 Å². The number of carboxylic acid groups (broad SMARTS) is 1. The van der Waals surface area contributed by atoms with E-state index in [2.05, 4.69) is 18.4 Å². The molecule has 1 aliphatic heterocycles. The minimum Gasteiger partial charge on any atom is -0.507 e. The van der Waals surface area contributed by atoms with Gasteiger partial charge in [-0.15, -0.1) is 0 Å². The summed E-state index contributed by atoms with van der Waals surface area (Å²) in [6.07, 6.45) is 2.45. The molecular formula is C25H26FNO4. The van der Waals surface area contributed by atoms with Gasteiger partial charge in [-0.3, -0.25) is 4.79 Å². The summed E-state index contributed by atoms with van der Waals surface area (Å²) in [5.41, 5.74) is 2.33. The van der Waals surface area contributed by atoms with Crippen molar-refractivity contribution in [2.24, 2.45) is 5.92 Å².